The molecule has 1 rings (SSSR count). The topological polar surface area (TPSA) is 50.1 Å². The van der Waals surface area contributed by atoms with E-state index in [0.29, 0.717) is 16.9 Å². The van der Waals surface area contributed by atoms with Gasteiger partial charge >= 0.3 is 0 Å². The second kappa shape index (κ2) is 5.33. The number of ketones is 1. The van der Waals surface area contributed by atoms with Crippen molar-refractivity contribution in [2.24, 2.45) is 0 Å². The molecule has 0 atom stereocenters. The van der Waals surface area contributed by atoms with E-state index in [2.05, 4.69) is 0 Å². The molecule has 0 spiro atoms. The Morgan fingerprint density at radius 1 is 1.67 bits per heavy atom. The van der Waals surface area contributed by atoms with Crippen LogP contribution >= 0.6 is 34.2 Å². The van der Waals surface area contributed by atoms with Gasteiger partial charge < -0.3 is 4.74 Å². The Labute approximate surface area is 106 Å². The average Bonchev–Trinajstić information content (AvgIpc) is 2.26. The highest BCUT2D eigenvalue weighted by atomic mass is 127. The fourth-order valence-electron chi connectivity index (χ4n) is 1.18. The molecule has 0 amide bonds. The number of nitriles is 1. The summed E-state index contributed by atoms with van der Waals surface area (Å²) in [4.78, 5) is 11.5. The van der Waals surface area contributed by atoms with Crippen molar-refractivity contribution >= 4 is 40.0 Å². The minimum atomic E-state index is -0.247. The van der Waals surface area contributed by atoms with Gasteiger partial charge in [-0.2, -0.15) is 5.26 Å². The Kier molecular flexibility index (Phi) is 4.36. The molecule has 78 valence electrons. The van der Waals surface area contributed by atoms with E-state index in [1.165, 1.54) is 7.11 Å². The lowest BCUT2D eigenvalue weighted by molar-refractivity contribution is 0.101. The van der Waals surface area contributed by atoms with Gasteiger partial charge in [-0.05, 0) is 34.7 Å². The van der Waals surface area contributed by atoms with Crippen LogP contribution in [0.5, 0.6) is 5.75 Å². The molecule has 0 aromatic heterocycles. The van der Waals surface area contributed by atoms with Gasteiger partial charge in [-0.3, -0.25) is 4.79 Å². The third-order valence-corrected chi connectivity index (χ3v) is 2.67. The van der Waals surface area contributed by atoms with E-state index in [1.807, 2.05) is 28.7 Å². The van der Waals surface area contributed by atoms with Gasteiger partial charge in [-0.15, -0.1) is 11.6 Å². The number of benzene rings is 1. The van der Waals surface area contributed by atoms with Crippen LogP contribution in [0.2, 0.25) is 0 Å². The standard InChI is InChI=1S/C10H7ClINO2/c1-15-10-6(5-13)2-7(12)3-8(10)9(14)4-11/h2-3H,4H2,1H3. The van der Waals surface area contributed by atoms with Gasteiger partial charge in [0.1, 0.15) is 11.8 Å². The van der Waals surface area contributed by atoms with Crippen LogP contribution in [0.1, 0.15) is 15.9 Å². The smallest absolute Gasteiger partial charge is 0.181 e. The van der Waals surface area contributed by atoms with E-state index in [-0.39, 0.29) is 11.7 Å². The number of carbonyl (C=O) groups excluding carboxylic acids is 1. The molecule has 0 radical (unpaired) electrons. The maximum Gasteiger partial charge on any atom is 0.181 e. The number of Topliss-reactive ketones (excluding diaryl/α,β-unsaturated/α-hetero) is 1. The monoisotopic (exact) mass is 335 g/mol. The number of hydrogen-bond donors (Lipinski definition) is 0. The number of alkyl halides is 1. The van der Waals surface area contributed by atoms with Crippen LogP contribution in [0.15, 0.2) is 12.1 Å². The Morgan fingerprint density at radius 2 is 2.33 bits per heavy atom. The molecular weight excluding hydrogens is 328 g/mol. The third kappa shape index (κ3) is 2.61. The van der Waals surface area contributed by atoms with Gasteiger partial charge in [0.15, 0.2) is 5.78 Å². The normalized spacial score (nSPS) is 9.47. The lowest BCUT2D eigenvalue weighted by Gasteiger charge is -2.08. The second-order valence-electron chi connectivity index (χ2n) is 2.70. The van der Waals surface area contributed by atoms with Crippen molar-refractivity contribution in [1.29, 1.82) is 5.26 Å². The lowest BCUT2D eigenvalue weighted by atomic mass is 10.1. The third-order valence-electron chi connectivity index (χ3n) is 1.80. The quantitative estimate of drug-likeness (QED) is 0.485. The van der Waals surface area contributed by atoms with Crippen LogP contribution in [0.4, 0.5) is 0 Å². The summed E-state index contributed by atoms with van der Waals surface area (Å²) >= 11 is 7.51. The summed E-state index contributed by atoms with van der Waals surface area (Å²) in [7, 11) is 1.42. The molecule has 0 heterocycles. The maximum absolute atomic E-state index is 11.5. The van der Waals surface area contributed by atoms with E-state index in [1.54, 1.807) is 12.1 Å². The highest BCUT2D eigenvalue weighted by Crippen LogP contribution is 2.26. The summed E-state index contributed by atoms with van der Waals surface area (Å²) in [5, 5.41) is 8.88. The minimum Gasteiger partial charge on any atom is -0.495 e. The van der Waals surface area contributed by atoms with E-state index >= 15 is 0 Å². The highest BCUT2D eigenvalue weighted by Gasteiger charge is 2.16. The molecule has 5 heteroatoms. The SMILES string of the molecule is COc1c(C#N)cc(I)cc1C(=O)CCl. The number of carbonyl (C=O) groups is 1. The van der Waals surface area contributed by atoms with Gasteiger partial charge in [0.05, 0.1) is 24.1 Å². The van der Waals surface area contributed by atoms with Crippen molar-refractivity contribution in [1.82, 2.24) is 0 Å². The number of nitrogens with zero attached hydrogens (tertiary/aromatic N) is 1. The zero-order valence-corrected chi connectivity index (χ0v) is 10.8. The van der Waals surface area contributed by atoms with Crippen LogP contribution in [-0.4, -0.2) is 18.8 Å². The van der Waals surface area contributed by atoms with Crippen molar-refractivity contribution in [3.05, 3.63) is 26.8 Å². The number of ether oxygens (including phenoxy) is 1. The second-order valence-corrected chi connectivity index (χ2v) is 4.22. The molecule has 3 nitrogen and oxygen atoms in total. The van der Waals surface area contributed by atoms with Crippen LogP contribution < -0.4 is 4.74 Å². The Hall–Kier alpha value is -0.800. The molecule has 0 N–H and O–H groups in total. The predicted octanol–water partition coefficient (Wildman–Crippen LogP) is 2.59. The zero-order chi connectivity index (χ0) is 11.4. The maximum atomic E-state index is 11.5. The van der Waals surface area contributed by atoms with Crippen LogP contribution in [-0.2, 0) is 0 Å². The molecule has 0 bridgehead atoms. The largest absolute Gasteiger partial charge is 0.495 e. The minimum absolute atomic E-state index is 0.124. The van der Waals surface area contributed by atoms with E-state index in [0.717, 1.165) is 3.57 Å². The number of halogens is 2. The van der Waals surface area contributed by atoms with Gasteiger partial charge in [0, 0.05) is 3.57 Å². The molecule has 0 saturated heterocycles. The van der Waals surface area contributed by atoms with Crippen LogP contribution in [0.3, 0.4) is 0 Å². The molecule has 1 aromatic rings. The summed E-state index contributed by atoms with van der Waals surface area (Å²) in [6.45, 7) is 0. The molecule has 0 aliphatic rings. The first kappa shape index (κ1) is 12.3. The first-order chi connectivity index (χ1) is 7.13. The van der Waals surface area contributed by atoms with Crippen LogP contribution in [0.25, 0.3) is 0 Å². The molecule has 0 saturated carbocycles. The van der Waals surface area contributed by atoms with Crippen molar-refractivity contribution in [2.75, 3.05) is 13.0 Å². The lowest BCUT2D eigenvalue weighted by Crippen LogP contribution is -2.05. The van der Waals surface area contributed by atoms with E-state index < -0.39 is 0 Å². The van der Waals surface area contributed by atoms with Crippen molar-refractivity contribution < 1.29 is 9.53 Å². The van der Waals surface area contributed by atoms with Gasteiger partial charge in [0.2, 0.25) is 0 Å². The number of hydrogen-bond acceptors (Lipinski definition) is 3. The van der Waals surface area contributed by atoms with Gasteiger partial charge in [-0.25, -0.2) is 0 Å². The summed E-state index contributed by atoms with van der Waals surface area (Å²) < 4.78 is 5.84. The van der Waals surface area contributed by atoms with Crippen molar-refractivity contribution in [3.63, 3.8) is 0 Å². The molecule has 1 aromatic carbocycles. The molecule has 0 unspecified atom stereocenters. The van der Waals surface area contributed by atoms with Crippen molar-refractivity contribution in [3.8, 4) is 11.8 Å². The predicted molar refractivity (Wildman–Crippen MR) is 65.5 cm³/mol. The first-order valence-electron chi connectivity index (χ1n) is 4.00. The van der Waals surface area contributed by atoms with E-state index in [9.17, 15) is 4.79 Å². The number of methoxy groups -OCH3 is 1. The highest BCUT2D eigenvalue weighted by molar-refractivity contribution is 14.1. The molecular formula is C10H7ClINO2. The van der Waals surface area contributed by atoms with Crippen LogP contribution in [0, 0.1) is 14.9 Å². The zero-order valence-electron chi connectivity index (χ0n) is 7.88. The average molecular weight is 336 g/mol. The summed E-state index contributed by atoms with van der Waals surface area (Å²) in [6.07, 6.45) is 0. The Balaban J connectivity index is 3.43. The first-order valence-corrected chi connectivity index (χ1v) is 5.62. The van der Waals surface area contributed by atoms with Gasteiger partial charge in [-0.1, -0.05) is 0 Å². The summed E-state index contributed by atoms with van der Waals surface area (Å²) in [6, 6.07) is 5.30. The molecule has 15 heavy (non-hydrogen) atoms. The Morgan fingerprint density at radius 3 is 2.80 bits per heavy atom. The molecule has 0 aliphatic heterocycles. The Bertz CT molecular complexity index is 440. The molecule has 0 aliphatic carbocycles. The summed E-state index contributed by atoms with van der Waals surface area (Å²) in [5.41, 5.74) is 0.703. The number of rotatable bonds is 3. The summed E-state index contributed by atoms with van der Waals surface area (Å²) in [5.74, 6) is -0.0754. The van der Waals surface area contributed by atoms with Crippen molar-refractivity contribution in [2.45, 2.75) is 0 Å². The van der Waals surface area contributed by atoms with Gasteiger partial charge in [0.25, 0.3) is 0 Å². The fourth-order valence-corrected chi connectivity index (χ4v) is 1.94. The van der Waals surface area contributed by atoms with E-state index in [4.69, 9.17) is 21.6 Å². The fraction of sp³-hybridized carbons (Fsp3) is 0.200. The molecule has 0 fully saturated rings.